The second kappa shape index (κ2) is 5.64. The average Bonchev–Trinajstić information content (AvgIpc) is 2.87. The van der Waals surface area contributed by atoms with E-state index in [1.807, 2.05) is 18.2 Å². The van der Waals surface area contributed by atoms with Crippen LogP contribution in [-0.4, -0.2) is 15.5 Å². The topological polar surface area (TPSA) is 71.3 Å². The summed E-state index contributed by atoms with van der Waals surface area (Å²) in [4.78, 5) is 0. The number of para-hydroxylation sites is 1. The molecule has 0 saturated carbocycles. The fourth-order valence-corrected chi connectivity index (χ4v) is 2.35. The zero-order chi connectivity index (χ0) is 13.9. The molecule has 0 aliphatic heterocycles. The SMILES string of the molecule is CNS(=O)(=O)c1ccc(CNc2ccccc2Cl)o1. The Morgan fingerprint density at radius 1 is 1.21 bits per heavy atom. The number of hydrogen-bond donors (Lipinski definition) is 2. The second-order valence-corrected chi connectivity index (χ2v) is 5.99. The van der Waals surface area contributed by atoms with Crippen molar-refractivity contribution in [2.45, 2.75) is 11.6 Å². The van der Waals surface area contributed by atoms with Crippen LogP contribution in [0.5, 0.6) is 0 Å². The molecule has 2 N–H and O–H groups in total. The standard InChI is InChI=1S/C12H13ClN2O3S/c1-14-19(16,17)12-7-6-9(18-12)8-15-11-5-3-2-4-10(11)13/h2-7,14-15H,8H2,1H3. The Labute approximate surface area is 116 Å². The third-order valence-corrected chi connectivity index (χ3v) is 4.11. The van der Waals surface area contributed by atoms with E-state index in [9.17, 15) is 8.42 Å². The molecule has 2 rings (SSSR count). The highest BCUT2D eigenvalue weighted by atomic mass is 35.5. The molecular weight excluding hydrogens is 288 g/mol. The van der Waals surface area contributed by atoms with Crippen molar-refractivity contribution in [1.29, 1.82) is 0 Å². The van der Waals surface area contributed by atoms with E-state index in [4.69, 9.17) is 16.0 Å². The Balaban J connectivity index is 2.08. The molecule has 1 aromatic heterocycles. The highest BCUT2D eigenvalue weighted by Gasteiger charge is 2.16. The third kappa shape index (κ3) is 3.28. The van der Waals surface area contributed by atoms with Crippen LogP contribution in [0.3, 0.4) is 0 Å². The maximum Gasteiger partial charge on any atom is 0.273 e. The summed E-state index contributed by atoms with van der Waals surface area (Å²) in [6.07, 6.45) is 0. The van der Waals surface area contributed by atoms with E-state index in [0.717, 1.165) is 5.69 Å². The van der Waals surface area contributed by atoms with Crippen molar-refractivity contribution in [1.82, 2.24) is 4.72 Å². The first-order valence-corrected chi connectivity index (χ1v) is 7.40. The van der Waals surface area contributed by atoms with Crippen molar-refractivity contribution in [2.75, 3.05) is 12.4 Å². The lowest BCUT2D eigenvalue weighted by atomic mass is 10.3. The zero-order valence-electron chi connectivity index (χ0n) is 10.2. The van der Waals surface area contributed by atoms with E-state index in [2.05, 4.69) is 10.0 Å². The lowest BCUT2D eigenvalue weighted by Crippen LogP contribution is -2.17. The molecule has 19 heavy (non-hydrogen) atoms. The second-order valence-electron chi connectivity index (χ2n) is 3.76. The Morgan fingerprint density at radius 2 is 1.95 bits per heavy atom. The van der Waals surface area contributed by atoms with Gasteiger partial charge in [-0.2, -0.15) is 0 Å². The molecule has 5 nitrogen and oxygen atoms in total. The van der Waals surface area contributed by atoms with Gasteiger partial charge in [0.25, 0.3) is 10.0 Å². The van der Waals surface area contributed by atoms with Crippen LogP contribution in [0.15, 0.2) is 45.9 Å². The van der Waals surface area contributed by atoms with Gasteiger partial charge < -0.3 is 9.73 Å². The monoisotopic (exact) mass is 300 g/mol. The number of nitrogens with one attached hydrogen (secondary N) is 2. The normalized spacial score (nSPS) is 11.5. The lowest BCUT2D eigenvalue weighted by Gasteiger charge is -2.06. The molecule has 0 fully saturated rings. The van der Waals surface area contributed by atoms with E-state index in [1.54, 1.807) is 12.1 Å². The van der Waals surface area contributed by atoms with Gasteiger partial charge in [0.2, 0.25) is 5.09 Å². The van der Waals surface area contributed by atoms with Gasteiger partial charge in [0.1, 0.15) is 5.76 Å². The van der Waals surface area contributed by atoms with E-state index in [1.165, 1.54) is 13.1 Å². The summed E-state index contributed by atoms with van der Waals surface area (Å²) >= 11 is 5.99. The molecule has 0 saturated heterocycles. The summed E-state index contributed by atoms with van der Waals surface area (Å²) in [5.74, 6) is 0.508. The van der Waals surface area contributed by atoms with Gasteiger partial charge in [0, 0.05) is 0 Å². The van der Waals surface area contributed by atoms with Crippen LogP contribution in [-0.2, 0) is 16.6 Å². The van der Waals surface area contributed by atoms with Gasteiger partial charge in [-0.25, -0.2) is 13.1 Å². The molecule has 0 spiro atoms. The molecule has 0 unspecified atom stereocenters. The molecule has 0 atom stereocenters. The number of benzene rings is 1. The first kappa shape index (κ1) is 13.9. The number of sulfonamides is 1. The van der Waals surface area contributed by atoms with E-state index >= 15 is 0 Å². The highest BCUT2D eigenvalue weighted by Crippen LogP contribution is 2.22. The number of hydrogen-bond acceptors (Lipinski definition) is 4. The Morgan fingerprint density at radius 3 is 2.63 bits per heavy atom. The largest absolute Gasteiger partial charge is 0.446 e. The molecule has 1 heterocycles. The maximum atomic E-state index is 11.5. The summed E-state index contributed by atoms with van der Waals surface area (Å²) in [7, 11) is -2.21. The van der Waals surface area contributed by atoms with Crippen LogP contribution in [0.1, 0.15) is 5.76 Å². The Bertz CT molecular complexity index is 667. The maximum absolute atomic E-state index is 11.5. The van der Waals surface area contributed by atoms with Crippen molar-refractivity contribution in [3.63, 3.8) is 0 Å². The van der Waals surface area contributed by atoms with Crippen LogP contribution in [0, 0.1) is 0 Å². The number of furan rings is 1. The molecular formula is C12H13ClN2O3S. The zero-order valence-corrected chi connectivity index (χ0v) is 11.8. The molecule has 0 radical (unpaired) electrons. The number of rotatable bonds is 5. The van der Waals surface area contributed by atoms with Gasteiger partial charge in [-0.05, 0) is 31.3 Å². The lowest BCUT2D eigenvalue weighted by molar-refractivity contribution is 0.417. The fraction of sp³-hybridized carbons (Fsp3) is 0.167. The molecule has 0 aliphatic rings. The minimum absolute atomic E-state index is 0.106. The van der Waals surface area contributed by atoms with Crippen molar-refractivity contribution >= 4 is 27.3 Å². The predicted molar refractivity (Wildman–Crippen MR) is 73.7 cm³/mol. The smallest absolute Gasteiger partial charge is 0.273 e. The molecule has 102 valence electrons. The third-order valence-electron chi connectivity index (χ3n) is 2.50. The van der Waals surface area contributed by atoms with Crippen molar-refractivity contribution in [2.24, 2.45) is 0 Å². The molecule has 0 bridgehead atoms. The van der Waals surface area contributed by atoms with Crippen LogP contribution >= 0.6 is 11.6 Å². The van der Waals surface area contributed by atoms with Gasteiger partial charge in [0.05, 0.1) is 17.3 Å². The number of anilines is 1. The summed E-state index contributed by atoms with van der Waals surface area (Å²) in [5.41, 5.74) is 0.763. The van der Waals surface area contributed by atoms with Gasteiger partial charge in [-0.3, -0.25) is 0 Å². The molecule has 7 heteroatoms. The Kier molecular flexibility index (Phi) is 4.14. The van der Waals surface area contributed by atoms with Gasteiger partial charge in [-0.15, -0.1) is 0 Å². The van der Waals surface area contributed by atoms with Crippen LogP contribution in [0.25, 0.3) is 0 Å². The van der Waals surface area contributed by atoms with E-state index in [-0.39, 0.29) is 5.09 Å². The quantitative estimate of drug-likeness (QED) is 0.890. The average molecular weight is 301 g/mol. The first-order chi connectivity index (χ1) is 9.03. The highest BCUT2D eigenvalue weighted by molar-refractivity contribution is 7.89. The van der Waals surface area contributed by atoms with Gasteiger partial charge >= 0.3 is 0 Å². The van der Waals surface area contributed by atoms with Crippen LogP contribution < -0.4 is 10.0 Å². The fourth-order valence-electron chi connectivity index (χ4n) is 1.49. The van der Waals surface area contributed by atoms with Gasteiger partial charge in [-0.1, -0.05) is 23.7 Å². The van der Waals surface area contributed by atoms with E-state index in [0.29, 0.717) is 17.3 Å². The Hall–Kier alpha value is -1.50. The van der Waals surface area contributed by atoms with Crippen molar-refractivity contribution in [3.8, 4) is 0 Å². The van der Waals surface area contributed by atoms with Crippen molar-refractivity contribution in [3.05, 3.63) is 47.2 Å². The summed E-state index contributed by atoms with van der Waals surface area (Å²) in [6.45, 7) is 0.350. The molecule has 0 amide bonds. The summed E-state index contributed by atoms with van der Waals surface area (Å²) in [6, 6.07) is 10.3. The number of halogens is 1. The van der Waals surface area contributed by atoms with Crippen LogP contribution in [0.4, 0.5) is 5.69 Å². The molecule has 1 aromatic carbocycles. The van der Waals surface area contributed by atoms with Crippen LogP contribution in [0.2, 0.25) is 5.02 Å². The van der Waals surface area contributed by atoms with Crippen molar-refractivity contribution < 1.29 is 12.8 Å². The van der Waals surface area contributed by atoms with E-state index < -0.39 is 10.0 Å². The minimum Gasteiger partial charge on any atom is -0.446 e. The summed E-state index contributed by atoms with van der Waals surface area (Å²) < 4.78 is 30.4. The van der Waals surface area contributed by atoms with Gasteiger partial charge in [0.15, 0.2) is 0 Å². The molecule has 2 aromatic rings. The minimum atomic E-state index is -3.54. The predicted octanol–water partition coefficient (Wildman–Crippen LogP) is 2.45. The first-order valence-electron chi connectivity index (χ1n) is 5.53. The molecule has 0 aliphatic carbocycles. The summed E-state index contributed by atoms with van der Waals surface area (Å²) in [5, 5.41) is 3.56.